The van der Waals surface area contributed by atoms with E-state index in [1.807, 2.05) is 0 Å². The van der Waals surface area contributed by atoms with Crippen molar-refractivity contribution in [2.75, 3.05) is 19.5 Å². The number of anilines is 1. The van der Waals surface area contributed by atoms with Crippen molar-refractivity contribution in [2.45, 2.75) is 12.1 Å². The highest BCUT2D eigenvalue weighted by molar-refractivity contribution is 5.91. The van der Waals surface area contributed by atoms with Gasteiger partial charge in [-0.1, -0.05) is 12.1 Å². The minimum absolute atomic E-state index is 0.0702. The van der Waals surface area contributed by atoms with Crippen molar-refractivity contribution in [1.29, 1.82) is 0 Å². The molecule has 0 aliphatic carbocycles. The van der Waals surface area contributed by atoms with Crippen LogP contribution in [0.2, 0.25) is 0 Å². The summed E-state index contributed by atoms with van der Waals surface area (Å²) < 4.78 is 24.3. The molecule has 31 heavy (non-hydrogen) atoms. The Kier molecular flexibility index (Phi) is 5.20. The lowest BCUT2D eigenvalue weighted by Gasteiger charge is -2.24. The first-order chi connectivity index (χ1) is 14.9. The van der Waals surface area contributed by atoms with E-state index in [4.69, 9.17) is 9.47 Å². The number of benzene rings is 2. The Morgan fingerprint density at radius 3 is 2.39 bits per heavy atom. The van der Waals surface area contributed by atoms with Crippen LogP contribution in [-0.4, -0.2) is 47.0 Å². The average molecular weight is 424 g/mol. The van der Waals surface area contributed by atoms with E-state index < -0.39 is 35.4 Å². The van der Waals surface area contributed by atoms with Gasteiger partial charge in [-0.05, 0) is 36.4 Å². The maximum atomic E-state index is 13.3. The first kappa shape index (κ1) is 20.2. The normalized spacial score (nSPS) is 16.9. The Hall–Kier alpha value is -4.08. The third-order valence-electron chi connectivity index (χ3n) is 4.91. The van der Waals surface area contributed by atoms with Gasteiger partial charge in [-0.2, -0.15) is 10.1 Å². The molecule has 10 heteroatoms. The van der Waals surface area contributed by atoms with E-state index in [-0.39, 0.29) is 11.5 Å². The molecule has 2 unspecified atom stereocenters. The molecule has 0 bridgehead atoms. The molecule has 158 valence electrons. The molecule has 1 aromatic heterocycles. The van der Waals surface area contributed by atoms with Crippen LogP contribution in [0.15, 0.2) is 53.3 Å². The monoisotopic (exact) mass is 424 g/mol. The number of fused-ring (bicyclic) bond motifs is 3. The van der Waals surface area contributed by atoms with Crippen LogP contribution in [0.4, 0.5) is 10.1 Å². The van der Waals surface area contributed by atoms with Crippen LogP contribution in [0.1, 0.15) is 6.04 Å². The first-order valence-corrected chi connectivity index (χ1v) is 9.23. The quantitative estimate of drug-likeness (QED) is 0.634. The predicted octanol–water partition coefficient (Wildman–Crippen LogP) is 1.79. The van der Waals surface area contributed by atoms with Crippen LogP contribution in [0.3, 0.4) is 0 Å². The van der Waals surface area contributed by atoms with Gasteiger partial charge in [0.15, 0.2) is 23.6 Å². The number of hydrogen-bond acceptors (Lipinski definition) is 8. The summed E-state index contributed by atoms with van der Waals surface area (Å²) in [6.07, 6.45) is 0. The Labute approximate surface area is 175 Å². The van der Waals surface area contributed by atoms with Crippen LogP contribution in [-0.2, 0) is 19.1 Å². The van der Waals surface area contributed by atoms with Gasteiger partial charge in [0.1, 0.15) is 5.82 Å². The molecule has 0 spiro atoms. The molecule has 2 atom stereocenters. The molecule has 4 rings (SSSR count). The number of nitrogens with zero attached hydrogens (tertiary/aromatic N) is 3. The molecular weight excluding hydrogens is 407 g/mol. The van der Waals surface area contributed by atoms with E-state index in [0.29, 0.717) is 16.8 Å². The molecule has 2 heterocycles. The fourth-order valence-corrected chi connectivity index (χ4v) is 3.43. The molecule has 0 radical (unpaired) electrons. The Bertz CT molecular complexity index is 1230. The van der Waals surface area contributed by atoms with Crippen molar-refractivity contribution in [2.24, 2.45) is 0 Å². The Balaban J connectivity index is 2.03. The zero-order valence-electron chi connectivity index (χ0n) is 16.5. The molecule has 3 aromatic rings. The highest BCUT2D eigenvalue weighted by Crippen LogP contribution is 2.34. The molecule has 0 saturated carbocycles. The second kappa shape index (κ2) is 7.98. The first-order valence-electron chi connectivity index (χ1n) is 9.23. The summed E-state index contributed by atoms with van der Waals surface area (Å²) in [7, 11) is 2.36. The fraction of sp³-hybridized carbons (Fsp3) is 0.190. The van der Waals surface area contributed by atoms with Crippen molar-refractivity contribution >= 4 is 17.6 Å². The number of rotatable bonds is 3. The highest BCUT2D eigenvalue weighted by Gasteiger charge is 2.42. The summed E-state index contributed by atoms with van der Waals surface area (Å²) in [6, 6.07) is 9.37. The number of hydrogen-bond donors (Lipinski definition) is 1. The fourth-order valence-electron chi connectivity index (χ4n) is 3.43. The SMILES string of the molecule is COC(=O)C1Nc2ccccc2-c2nc(=O)c(-c3ccc(F)cc3)nn2C1C(=O)OC. The van der Waals surface area contributed by atoms with E-state index in [0.717, 1.165) is 0 Å². The Morgan fingerprint density at radius 2 is 1.71 bits per heavy atom. The van der Waals surface area contributed by atoms with Crippen molar-refractivity contribution in [3.05, 3.63) is 64.7 Å². The average Bonchev–Trinajstić information content (AvgIpc) is 2.92. The smallest absolute Gasteiger partial charge is 0.333 e. The molecule has 9 nitrogen and oxygen atoms in total. The number of esters is 2. The standard InChI is InChI=1S/C21H17FN4O5/c1-30-20(28)16-17(21(29)31-2)26-18(13-5-3-4-6-14(13)23-16)24-19(27)15(25-26)11-7-9-12(22)10-8-11/h3-10,16-17,23H,1-2H3. The van der Waals surface area contributed by atoms with Crippen LogP contribution < -0.4 is 10.9 Å². The number of nitrogens with one attached hydrogen (secondary N) is 1. The number of halogens is 1. The molecule has 1 aliphatic heterocycles. The topological polar surface area (TPSA) is 112 Å². The summed E-state index contributed by atoms with van der Waals surface area (Å²) in [5.74, 6) is -1.94. The number of ether oxygens (including phenoxy) is 2. The second-order valence-corrected chi connectivity index (χ2v) is 6.70. The summed E-state index contributed by atoms with van der Waals surface area (Å²) in [4.78, 5) is 42.3. The largest absolute Gasteiger partial charge is 0.467 e. The van der Waals surface area contributed by atoms with Gasteiger partial charge in [0.25, 0.3) is 5.56 Å². The zero-order valence-corrected chi connectivity index (χ0v) is 16.5. The van der Waals surface area contributed by atoms with E-state index in [1.165, 1.54) is 43.2 Å². The van der Waals surface area contributed by atoms with Crippen LogP contribution in [0.25, 0.3) is 22.6 Å². The number of carbonyl (C=O) groups is 2. The minimum atomic E-state index is -1.33. The lowest BCUT2D eigenvalue weighted by molar-refractivity contribution is -0.152. The molecule has 0 amide bonds. The Morgan fingerprint density at radius 1 is 1.03 bits per heavy atom. The van der Waals surface area contributed by atoms with Gasteiger partial charge in [-0.25, -0.2) is 18.7 Å². The second-order valence-electron chi connectivity index (χ2n) is 6.70. The summed E-state index contributed by atoms with van der Waals surface area (Å²) >= 11 is 0. The highest BCUT2D eigenvalue weighted by atomic mass is 19.1. The number of methoxy groups -OCH3 is 2. The molecule has 1 aliphatic rings. The molecular formula is C21H17FN4O5. The van der Waals surface area contributed by atoms with Crippen molar-refractivity contribution < 1.29 is 23.5 Å². The molecule has 0 saturated heterocycles. The summed E-state index contributed by atoms with van der Waals surface area (Å²) in [5.41, 5.74) is 0.436. The lowest BCUT2D eigenvalue weighted by atomic mass is 10.1. The lowest BCUT2D eigenvalue weighted by Crippen LogP contribution is -2.44. The molecule has 1 N–H and O–H groups in total. The van der Waals surface area contributed by atoms with Gasteiger partial charge in [-0.3, -0.25) is 4.79 Å². The number of para-hydroxylation sites is 1. The van der Waals surface area contributed by atoms with Gasteiger partial charge < -0.3 is 14.8 Å². The molecule has 0 fully saturated rings. The third kappa shape index (κ3) is 3.52. The van der Waals surface area contributed by atoms with Gasteiger partial charge in [-0.15, -0.1) is 0 Å². The van der Waals surface area contributed by atoms with Crippen LogP contribution >= 0.6 is 0 Å². The minimum Gasteiger partial charge on any atom is -0.467 e. The van der Waals surface area contributed by atoms with Crippen molar-refractivity contribution in [1.82, 2.24) is 14.8 Å². The van der Waals surface area contributed by atoms with Gasteiger partial charge in [0, 0.05) is 16.8 Å². The predicted molar refractivity (Wildman–Crippen MR) is 108 cm³/mol. The maximum absolute atomic E-state index is 13.3. The van der Waals surface area contributed by atoms with Gasteiger partial charge in [0.05, 0.1) is 14.2 Å². The van der Waals surface area contributed by atoms with Crippen molar-refractivity contribution in [3.63, 3.8) is 0 Å². The number of carbonyl (C=O) groups excluding carboxylic acids is 2. The summed E-state index contributed by atoms with van der Waals surface area (Å²) in [5, 5.41) is 7.34. The zero-order chi connectivity index (χ0) is 22.1. The van der Waals surface area contributed by atoms with E-state index >= 15 is 0 Å². The molecule has 2 aromatic carbocycles. The maximum Gasteiger partial charge on any atom is 0.333 e. The summed E-state index contributed by atoms with van der Waals surface area (Å²) in [6.45, 7) is 0. The third-order valence-corrected chi connectivity index (χ3v) is 4.91. The van der Waals surface area contributed by atoms with Gasteiger partial charge in [0.2, 0.25) is 0 Å². The van der Waals surface area contributed by atoms with Gasteiger partial charge >= 0.3 is 11.9 Å². The number of aromatic nitrogens is 3. The van der Waals surface area contributed by atoms with E-state index in [1.54, 1.807) is 24.3 Å². The van der Waals surface area contributed by atoms with E-state index in [2.05, 4.69) is 15.4 Å². The van der Waals surface area contributed by atoms with Crippen LogP contribution in [0, 0.1) is 5.82 Å². The van der Waals surface area contributed by atoms with Crippen molar-refractivity contribution in [3.8, 4) is 22.6 Å². The van der Waals surface area contributed by atoms with Crippen LogP contribution in [0.5, 0.6) is 0 Å². The van der Waals surface area contributed by atoms with E-state index in [9.17, 15) is 18.8 Å².